The van der Waals surface area contributed by atoms with E-state index in [2.05, 4.69) is 10.6 Å². The van der Waals surface area contributed by atoms with Crippen molar-refractivity contribution in [2.24, 2.45) is 0 Å². The second kappa shape index (κ2) is 8.10. The average molecular weight is 355 g/mol. The van der Waals surface area contributed by atoms with Gasteiger partial charge in [-0.2, -0.15) is 0 Å². The summed E-state index contributed by atoms with van der Waals surface area (Å²) in [4.78, 5) is 25.6. The maximum Gasteiger partial charge on any atom is 0.238 e. The van der Waals surface area contributed by atoms with Gasteiger partial charge in [0.15, 0.2) is 0 Å². The Balaban J connectivity index is 1.52. The van der Waals surface area contributed by atoms with E-state index in [9.17, 15) is 14.0 Å². The number of hydrogen-bond donors (Lipinski definition) is 2. The van der Waals surface area contributed by atoms with Crippen LogP contribution in [-0.2, 0) is 9.59 Å². The van der Waals surface area contributed by atoms with Crippen molar-refractivity contribution in [3.05, 3.63) is 59.9 Å². The fourth-order valence-corrected chi connectivity index (χ4v) is 3.03. The summed E-state index contributed by atoms with van der Waals surface area (Å²) in [6.45, 7) is 2.62. The van der Waals surface area contributed by atoms with E-state index in [1.54, 1.807) is 35.2 Å². The first-order valence-corrected chi connectivity index (χ1v) is 8.72. The smallest absolute Gasteiger partial charge is 0.238 e. The second-order valence-corrected chi connectivity index (χ2v) is 6.37. The fraction of sp³-hybridized carbons (Fsp3) is 0.300. The van der Waals surface area contributed by atoms with Crippen LogP contribution in [0.15, 0.2) is 48.5 Å². The molecule has 0 aromatic heterocycles. The Hall–Kier alpha value is -2.73. The monoisotopic (exact) mass is 355 g/mol. The van der Waals surface area contributed by atoms with Gasteiger partial charge in [-0.25, -0.2) is 4.39 Å². The third kappa shape index (κ3) is 4.26. The van der Waals surface area contributed by atoms with E-state index in [1.165, 1.54) is 6.07 Å². The molecule has 26 heavy (non-hydrogen) atoms. The summed E-state index contributed by atoms with van der Waals surface area (Å²) in [5.41, 5.74) is 2.03. The number of hydrogen-bond acceptors (Lipinski definition) is 3. The van der Waals surface area contributed by atoms with E-state index in [0.29, 0.717) is 17.7 Å². The van der Waals surface area contributed by atoms with E-state index in [0.717, 1.165) is 18.7 Å². The molecule has 1 saturated heterocycles. The van der Waals surface area contributed by atoms with Crippen LogP contribution in [0.3, 0.4) is 0 Å². The van der Waals surface area contributed by atoms with Gasteiger partial charge in [0.25, 0.3) is 0 Å². The zero-order valence-electron chi connectivity index (χ0n) is 14.7. The Morgan fingerprint density at radius 1 is 1.19 bits per heavy atom. The molecule has 0 saturated carbocycles. The van der Waals surface area contributed by atoms with Gasteiger partial charge in [-0.05, 0) is 43.7 Å². The van der Waals surface area contributed by atoms with Crippen molar-refractivity contribution in [1.29, 1.82) is 0 Å². The molecule has 2 amide bonds. The number of anilines is 2. The van der Waals surface area contributed by atoms with Gasteiger partial charge < -0.3 is 15.5 Å². The number of rotatable bonds is 6. The number of carbonyl (C=O) groups is 2. The highest BCUT2D eigenvalue weighted by molar-refractivity contribution is 5.96. The first-order valence-electron chi connectivity index (χ1n) is 8.72. The van der Waals surface area contributed by atoms with Crippen LogP contribution in [0, 0.1) is 5.82 Å². The van der Waals surface area contributed by atoms with Gasteiger partial charge in [0.1, 0.15) is 5.82 Å². The number of carbonyl (C=O) groups excluding carboxylic acids is 2. The minimum Gasteiger partial charge on any atom is -0.325 e. The van der Waals surface area contributed by atoms with E-state index >= 15 is 0 Å². The molecule has 3 rings (SSSR count). The van der Waals surface area contributed by atoms with Crippen LogP contribution < -0.4 is 15.5 Å². The van der Waals surface area contributed by atoms with Gasteiger partial charge in [-0.1, -0.05) is 18.2 Å². The van der Waals surface area contributed by atoms with Crippen LogP contribution in [0.5, 0.6) is 0 Å². The van der Waals surface area contributed by atoms with Gasteiger partial charge in [0.05, 0.1) is 6.54 Å². The summed E-state index contributed by atoms with van der Waals surface area (Å²) in [6, 6.07) is 13.4. The number of benzene rings is 2. The molecular weight excluding hydrogens is 333 g/mol. The molecule has 1 unspecified atom stereocenters. The molecule has 1 atom stereocenters. The molecular formula is C20H22FN3O2. The Morgan fingerprint density at radius 2 is 1.92 bits per heavy atom. The third-order valence-corrected chi connectivity index (χ3v) is 4.48. The average Bonchev–Trinajstić information content (AvgIpc) is 3.07. The molecule has 2 aromatic rings. The van der Waals surface area contributed by atoms with E-state index in [-0.39, 0.29) is 30.2 Å². The zero-order chi connectivity index (χ0) is 18.5. The molecule has 0 aliphatic carbocycles. The molecule has 0 spiro atoms. The maximum atomic E-state index is 13.7. The van der Waals surface area contributed by atoms with Gasteiger partial charge in [-0.15, -0.1) is 0 Å². The van der Waals surface area contributed by atoms with Gasteiger partial charge in [0, 0.05) is 35.9 Å². The SMILES string of the molecule is CC(NCC(=O)Nc1ccc(N2CCCC2=O)cc1)c1ccccc1F. The molecule has 0 bridgehead atoms. The van der Waals surface area contributed by atoms with Crippen LogP contribution >= 0.6 is 0 Å². The Labute approximate surface area is 152 Å². The number of nitrogens with zero attached hydrogens (tertiary/aromatic N) is 1. The molecule has 5 nitrogen and oxygen atoms in total. The summed E-state index contributed by atoms with van der Waals surface area (Å²) in [5.74, 6) is -0.369. The third-order valence-electron chi connectivity index (χ3n) is 4.48. The zero-order valence-corrected chi connectivity index (χ0v) is 14.7. The largest absolute Gasteiger partial charge is 0.325 e. The fourth-order valence-electron chi connectivity index (χ4n) is 3.03. The van der Waals surface area contributed by atoms with Gasteiger partial charge >= 0.3 is 0 Å². The minimum absolute atomic E-state index is 0.0713. The molecule has 1 heterocycles. The molecule has 2 N–H and O–H groups in total. The Kier molecular flexibility index (Phi) is 5.63. The highest BCUT2D eigenvalue weighted by Crippen LogP contribution is 2.23. The van der Waals surface area contributed by atoms with Crippen molar-refractivity contribution < 1.29 is 14.0 Å². The quantitative estimate of drug-likeness (QED) is 0.836. The Bertz CT molecular complexity index is 792. The van der Waals surface area contributed by atoms with Crippen molar-refractivity contribution in [1.82, 2.24) is 5.32 Å². The first kappa shape index (κ1) is 18.1. The van der Waals surface area contributed by atoms with Gasteiger partial charge in [-0.3, -0.25) is 9.59 Å². The number of halogens is 1. The molecule has 1 fully saturated rings. The van der Waals surface area contributed by atoms with Gasteiger partial charge in [0.2, 0.25) is 11.8 Å². The van der Waals surface area contributed by atoms with Crippen molar-refractivity contribution in [2.75, 3.05) is 23.3 Å². The highest BCUT2D eigenvalue weighted by Gasteiger charge is 2.21. The van der Waals surface area contributed by atoms with Crippen molar-refractivity contribution >= 4 is 23.2 Å². The predicted octanol–water partition coefficient (Wildman–Crippen LogP) is 3.24. The molecule has 136 valence electrons. The molecule has 1 aliphatic rings. The van der Waals surface area contributed by atoms with Crippen LogP contribution in [0.25, 0.3) is 0 Å². The van der Waals surface area contributed by atoms with Crippen LogP contribution in [0.1, 0.15) is 31.4 Å². The maximum absolute atomic E-state index is 13.7. The molecule has 2 aromatic carbocycles. The summed E-state index contributed by atoms with van der Waals surface area (Å²) < 4.78 is 13.7. The van der Waals surface area contributed by atoms with Crippen LogP contribution in [0.4, 0.5) is 15.8 Å². The Morgan fingerprint density at radius 3 is 2.58 bits per heavy atom. The van der Waals surface area contributed by atoms with Crippen LogP contribution in [-0.4, -0.2) is 24.9 Å². The standard InChI is InChI=1S/C20H22FN3O2/c1-14(17-5-2-3-6-18(17)21)22-13-19(25)23-15-8-10-16(11-9-15)24-12-4-7-20(24)26/h2-3,5-6,8-11,14,22H,4,7,12-13H2,1H3,(H,23,25). The number of nitrogens with one attached hydrogen (secondary N) is 2. The molecule has 0 radical (unpaired) electrons. The van der Waals surface area contributed by atoms with E-state index < -0.39 is 0 Å². The minimum atomic E-state index is -0.292. The summed E-state index contributed by atoms with van der Waals surface area (Å²) in [7, 11) is 0. The van der Waals surface area contributed by atoms with Crippen molar-refractivity contribution in [3.8, 4) is 0 Å². The lowest BCUT2D eigenvalue weighted by atomic mass is 10.1. The molecule has 6 heteroatoms. The lowest BCUT2D eigenvalue weighted by Crippen LogP contribution is -2.30. The summed E-state index contributed by atoms with van der Waals surface area (Å²) in [5, 5.41) is 5.81. The lowest BCUT2D eigenvalue weighted by molar-refractivity contribution is -0.117. The predicted molar refractivity (Wildman–Crippen MR) is 99.5 cm³/mol. The second-order valence-electron chi connectivity index (χ2n) is 6.37. The topological polar surface area (TPSA) is 61.4 Å². The lowest BCUT2D eigenvalue weighted by Gasteiger charge is -2.17. The normalized spacial score (nSPS) is 15.2. The number of amides is 2. The summed E-state index contributed by atoms with van der Waals surface area (Å²) in [6.07, 6.45) is 1.47. The molecule has 1 aliphatic heterocycles. The van der Waals surface area contributed by atoms with E-state index in [1.807, 2.05) is 19.1 Å². The van der Waals surface area contributed by atoms with Crippen molar-refractivity contribution in [2.45, 2.75) is 25.8 Å². The van der Waals surface area contributed by atoms with E-state index in [4.69, 9.17) is 0 Å². The first-order chi connectivity index (χ1) is 12.5. The van der Waals surface area contributed by atoms with Crippen LogP contribution in [0.2, 0.25) is 0 Å². The van der Waals surface area contributed by atoms with Crippen molar-refractivity contribution in [3.63, 3.8) is 0 Å². The summed E-state index contributed by atoms with van der Waals surface area (Å²) >= 11 is 0. The highest BCUT2D eigenvalue weighted by atomic mass is 19.1.